The lowest BCUT2D eigenvalue weighted by atomic mass is 10.0. The molecule has 1 N–H and O–H groups in total. The zero-order chi connectivity index (χ0) is 23.7. The molecule has 2 aromatic heterocycles. The van der Waals surface area contributed by atoms with Gasteiger partial charge in [0.05, 0.1) is 22.0 Å². The van der Waals surface area contributed by atoms with Crippen molar-refractivity contribution in [3.63, 3.8) is 0 Å². The van der Waals surface area contributed by atoms with Gasteiger partial charge in [0.25, 0.3) is 5.91 Å². The summed E-state index contributed by atoms with van der Waals surface area (Å²) in [7, 11) is 0. The first-order valence-corrected chi connectivity index (χ1v) is 11.4. The third-order valence-corrected chi connectivity index (χ3v) is 6.12. The van der Waals surface area contributed by atoms with E-state index in [0.717, 1.165) is 35.4 Å². The smallest absolute Gasteiger partial charge is 0.255 e. The molecule has 170 valence electrons. The molecular formula is C28H25N3O3. The minimum absolute atomic E-state index is 0.128. The number of carbonyl (C=O) groups is 1. The monoisotopic (exact) mass is 451 g/mol. The van der Waals surface area contributed by atoms with E-state index in [-0.39, 0.29) is 11.3 Å². The highest BCUT2D eigenvalue weighted by molar-refractivity contribution is 6.05. The number of benzene rings is 3. The second-order valence-corrected chi connectivity index (χ2v) is 8.34. The van der Waals surface area contributed by atoms with E-state index in [1.807, 2.05) is 55.5 Å². The Morgan fingerprint density at radius 3 is 2.56 bits per heavy atom. The average Bonchev–Trinajstić information content (AvgIpc) is 3.19. The Balaban J connectivity index is 1.37. The number of aromatic nitrogens is 2. The fraction of sp³-hybridized carbons (Fsp3) is 0.179. The summed E-state index contributed by atoms with van der Waals surface area (Å²) in [5.41, 5.74) is 3.93. The first-order chi connectivity index (χ1) is 16.5. The summed E-state index contributed by atoms with van der Waals surface area (Å²) in [5, 5.41) is 3.39. The molecule has 6 heteroatoms. The van der Waals surface area contributed by atoms with E-state index in [1.54, 1.807) is 25.1 Å². The van der Waals surface area contributed by atoms with Crippen LogP contribution in [0.2, 0.25) is 0 Å². The SMILES string of the molecule is Cc1c(-c2ccccc2)oc2c(C(=O)NCCCn3c(C)nc4ccccc43)cccc2c1=O. The lowest BCUT2D eigenvalue weighted by Gasteiger charge is -2.11. The van der Waals surface area contributed by atoms with Crippen LogP contribution in [0.1, 0.15) is 28.2 Å². The lowest BCUT2D eigenvalue weighted by Crippen LogP contribution is -2.26. The van der Waals surface area contributed by atoms with E-state index in [4.69, 9.17) is 4.42 Å². The Kier molecular flexibility index (Phi) is 5.72. The number of rotatable bonds is 6. The summed E-state index contributed by atoms with van der Waals surface area (Å²) in [5.74, 6) is 1.18. The predicted octanol–water partition coefficient (Wildman–Crippen LogP) is 5.25. The van der Waals surface area contributed by atoms with Gasteiger partial charge in [-0.3, -0.25) is 9.59 Å². The van der Waals surface area contributed by atoms with Crippen LogP contribution in [0.15, 0.2) is 82.0 Å². The first-order valence-electron chi connectivity index (χ1n) is 11.4. The fourth-order valence-corrected chi connectivity index (χ4v) is 4.37. The van der Waals surface area contributed by atoms with Crippen molar-refractivity contribution >= 4 is 27.9 Å². The predicted molar refractivity (Wildman–Crippen MR) is 134 cm³/mol. The Labute approximate surface area is 196 Å². The molecule has 0 radical (unpaired) electrons. The maximum Gasteiger partial charge on any atom is 0.255 e. The minimum Gasteiger partial charge on any atom is -0.455 e. The number of carbonyl (C=O) groups excluding carboxylic acids is 1. The van der Waals surface area contributed by atoms with Crippen LogP contribution in [0.3, 0.4) is 0 Å². The number of amides is 1. The fourth-order valence-electron chi connectivity index (χ4n) is 4.37. The van der Waals surface area contributed by atoms with Gasteiger partial charge in [0.1, 0.15) is 11.6 Å². The third-order valence-electron chi connectivity index (χ3n) is 6.12. The standard InChI is InChI=1S/C28H25N3O3/c1-18-25(32)21-12-8-13-22(27(21)34-26(18)20-10-4-3-5-11-20)28(33)29-16-9-17-31-19(2)30-23-14-6-7-15-24(23)31/h3-8,10-15H,9,16-17H2,1-2H3,(H,29,33). The van der Waals surface area contributed by atoms with Crippen LogP contribution in [0.4, 0.5) is 0 Å². The topological polar surface area (TPSA) is 77.1 Å². The first kappa shape index (κ1) is 21.6. The van der Waals surface area contributed by atoms with E-state index < -0.39 is 0 Å². The van der Waals surface area contributed by atoms with Crippen molar-refractivity contribution in [3.05, 3.63) is 100.0 Å². The molecule has 0 spiro atoms. The molecule has 0 saturated heterocycles. The molecule has 6 nitrogen and oxygen atoms in total. The van der Waals surface area contributed by atoms with Crippen molar-refractivity contribution in [2.45, 2.75) is 26.8 Å². The maximum absolute atomic E-state index is 13.1. The van der Waals surface area contributed by atoms with E-state index >= 15 is 0 Å². The molecule has 3 aromatic carbocycles. The molecule has 0 aliphatic heterocycles. The minimum atomic E-state index is -0.260. The molecule has 34 heavy (non-hydrogen) atoms. The molecule has 0 unspecified atom stereocenters. The lowest BCUT2D eigenvalue weighted by molar-refractivity contribution is 0.0953. The number of fused-ring (bicyclic) bond motifs is 2. The second-order valence-electron chi connectivity index (χ2n) is 8.34. The number of nitrogens with zero attached hydrogens (tertiary/aromatic N) is 2. The molecule has 0 atom stereocenters. The van der Waals surface area contributed by atoms with Gasteiger partial charge in [0.2, 0.25) is 0 Å². The Morgan fingerprint density at radius 2 is 1.74 bits per heavy atom. The zero-order valence-electron chi connectivity index (χ0n) is 19.2. The van der Waals surface area contributed by atoms with Crippen molar-refractivity contribution in [2.75, 3.05) is 6.54 Å². The Morgan fingerprint density at radius 1 is 0.971 bits per heavy atom. The summed E-state index contributed by atoms with van der Waals surface area (Å²) in [6.45, 7) is 4.97. The van der Waals surface area contributed by atoms with Gasteiger partial charge in [-0.05, 0) is 44.5 Å². The van der Waals surface area contributed by atoms with Gasteiger partial charge in [0.15, 0.2) is 11.0 Å². The van der Waals surface area contributed by atoms with Crippen molar-refractivity contribution in [3.8, 4) is 11.3 Å². The van der Waals surface area contributed by atoms with Gasteiger partial charge in [-0.25, -0.2) is 4.98 Å². The highest BCUT2D eigenvalue weighted by Gasteiger charge is 2.18. The van der Waals surface area contributed by atoms with Crippen LogP contribution in [0.25, 0.3) is 33.3 Å². The maximum atomic E-state index is 13.1. The van der Waals surface area contributed by atoms with E-state index in [9.17, 15) is 9.59 Å². The number of hydrogen-bond donors (Lipinski definition) is 1. The van der Waals surface area contributed by atoms with Gasteiger partial charge in [-0.1, -0.05) is 48.5 Å². The largest absolute Gasteiger partial charge is 0.455 e. The number of hydrogen-bond acceptors (Lipinski definition) is 4. The summed E-state index contributed by atoms with van der Waals surface area (Å²) < 4.78 is 8.33. The zero-order valence-corrected chi connectivity index (χ0v) is 19.2. The molecule has 0 aliphatic carbocycles. The molecule has 5 aromatic rings. The average molecular weight is 452 g/mol. The quantitative estimate of drug-likeness (QED) is 0.358. The van der Waals surface area contributed by atoms with Gasteiger partial charge in [-0.15, -0.1) is 0 Å². The van der Waals surface area contributed by atoms with Crippen LogP contribution in [-0.4, -0.2) is 22.0 Å². The second kappa shape index (κ2) is 8.98. The molecule has 0 saturated carbocycles. The van der Waals surface area contributed by atoms with Crippen LogP contribution < -0.4 is 10.7 Å². The highest BCUT2D eigenvalue weighted by atomic mass is 16.3. The summed E-state index contributed by atoms with van der Waals surface area (Å²) in [4.78, 5) is 30.7. The van der Waals surface area contributed by atoms with E-state index in [1.165, 1.54) is 0 Å². The third kappa shape index (κ3) is 3.88. The summed E-state index contributed by atoms with van der Waals surface area (Å²) >= 11 is 0. The number of aryl methyl sites for hydroxylation is 2. The van der Waals surface area contributed by atoms with Crippen molar-refractivity contribution in [1.29, 1.82) is 0 Å². The number of imidazole rings is 1. The van der Waals surface area contributed by atoms with Crippen LogP contribution in [-0.2, 0) is 6.54 Å². The van der Waals surface area contributed by atoms with Gasteiger partial charge in [-0.2, -0.15) is 0 Å². The molecular weight excluding hydrogens is 426 g/mol. The van der Waals surface area contributed by atoms with Gasteiger partial charge in [0, 0.05) is 24.2 Å². The molecule has 5 rings (SSSR count). The van der Waals surface area contributed by atoms with Crippen molar-refractivity contribution in [2.24, 2.45) is 0 Å². The molecule has 1 amide bonds. The van der Waals surface area contributed by atoms with Crippen molar-refractivity contribution in [1.82, 2.24) is 14.9 Å². The summed E-state index contributed by atoms with van der Waals surface area (Å²) in [6, 6.07) is 22.6. The Hall–Kier alpha value is -4.19. The van der Waals surface area contributed by atoms with Gasteiger partial charge >= 0.3 is 0 Å². The molecule has 0 bridgehead atoms. The Bertz CT molecular complexity index is 1570. The summed E-state index contributed by atoms with van der Waals surface area (Å²) in [6.07, 6.45) is 0.746. The van der Waals surface area contributed by atoms with Gasteiger partial charge < -0.3 is 14.3 Å². The van der Waals surface area contributed by atoms with Crippen LogP contribution in [0.5, 0.6) is 0 Å². The van der Waals surface area contributed by atoms with E-state index in [0.29, 0.717) is 34.4 Å². The number of nitrogens with one attached hydrogen (secondary N) is 1. The normalized spacial score (nSPS) is 11.2. The molecule has 2 heterocycles. The number of para-hydroxylation sites is 3. The molecule has 0 fully saturated rings. The highest BCUT2D eigenvalue weighted by Crippen LogP contribution is 2.27. The van der Waals surface area contributed by atoms with Crippen molar-refractivity contribution < 1.29 is 9.21 Å². The van der Waals surface area contributed by atoms with Crippen LogP contribution in [0, 0.1) is 13.8 Å². The van der Waals surface area contributed by atoms with E-state index in [2.05, 4.69) is 20.9 Å². The van der Waals surface area contributed by atoms with Crippen LogP contribution >= 0.6 is 0 Å². The molecule has 0 aliphatic rings.